The first-order chi connectivity index (χ1) is 6.49. The fraction of sp³-hybridized carbons (Fsp3) is 1.00. The van der Waals surface area contributed by atoms with Crippen molar-refractivity contribution < 1.29 is 30.3 Å². The predicted octanol–water partition coefficient (Wildman–Crippen LogP) is -3.68. The van der Waals surface area contributed by atoms with Gasteiger partial charge in [0.25, 0.3) is 0 Å². The lowest BCUT2D eigenvalue weighted by Gasteiger charge is -2.39. The van der Waals surface area contributed by atoms with Gasteiger partial charge in [0.15, 0.2) is 6.29 Å². The molecule has 0 aromatic rings. The number of hydrogen-bond donors (Lipinski definition) is 6. The quantitative estimate of drug-likeness (QED) is 0.259. The maximum atomic E-state index is 9.38. The molecule has 1 aliphatic heterocycles. The van der Waals surface area contributed by atoms with Crippen LogP contribution in [0.15, 0.2) is 0 Å². The largest absolute Gasteiger partial charge is 0.387 e. The molecule has 6 unspecified atom stereocenters. The molecule has 0 aromatic heterocycles. The number of hydrogen-bond acceptors (Lipinski definition) is 7. The smallest absolute Gasteiger partial charge is 0.184 e. The van der Waals surface area contributed by atoms with Crippen molar-refractivity contribution in [3.05, 3.63) is 0 Å². The summed E-state index contributed by atoms with van der Waals surface area (Å²) in [5, 5.41) is 48.5. The van der Waals surface area contributed by atoms with Gasteiger partial charge in [0.05, 0.1) is 0 Å². The van der Waals surface area contributed by atoms with Crippen molar-refractivity contribution in [3.8, 4) is 0 Å². The van der Waals surface area contributed by atoms with Gasteiger partial charge in [0.2, 0.25) is 0 Å². The second kappa shape index (κ2) is 4.49. The Morgan fingerprint density at radius 3 is 2.14 bits per heavy atom. The fourth-order valence-corrected chi connectivity index (χ4v) is 1.31. The zero-order chi connectivity index (χ0) is 10.9. The molecule has 1 saturated heterocycles. The summed E-state index contributed by atoms with van der Waals surface area (Å²) in [4.78, 5) is 0. The zero-order valence-corrected chi connectivity index (χ0v) is 7.61. The van der Waals surface area contributed by atoms with Crippen molar-refractivity contribution in [3.63, 3.8) is 0 Å². The van der Waals surface area contributed by atoms with Crippen molar-refractivity contribution in [2.24, 2.45) is 0 Å². The van der Waals surface area contributed by atoms with E-state index in [2.05, 4.69) is 5.32 Å². The first-order valence-electron chi connectivity index (χ1n) is 4.22. The van der Waals surface area contributed by atoms with Crippen LogP contribution in [-0.2, 0) is 4.74 Å². The highest BCUT2D eigenvalue weighted by Gasteiger charge is 2.45. The number of nitrogens with one attached hydrogen (secondary N) is 1. The minimum atomic E-state index is -1.62. The molecule has 0 saturated carbocycles. The molecule has 0 radical (unpaired) electrons. The summed E-state index contributed by atoms with van der Waals surface area (Å²) in [5.74, 6) is 0. The summed E-state index contributed by atoms with van der Waals surface area (Å²) in [5.41, 5.74) is 0. The molecular weight excluding hydrogens is 194 g/mol. The highest BCUT2D eigenvalue weighted by atomic mass is 16.6. The van der Waals surface area contributed by atoms with Gasteiger partial charge in [-0.15, -0.1) is 0 Å². The Morgan fingerprint density at radius 1 is 1.07 bits per heavy atom. The van der Waals surface area contributed by atoms with Gasteiger partial charge in [-0.05, 0) is 7.05 Å². The number of aliphatic hydroxyl groups excluding tert-OH is 5. The second-order valence-corrected chi connectivity index (χ2v) is 3.20. The predicted molar refractivity (Wildman–Crippen MR) is 44.0 cm³/mol. The van der Waals surface area contributed by atoms with Gasteiger partial charge >= 0.3 is 0 Å². The van der Waals surface area contributed by atoms with Crippen LogP contribution in [0.3, 0.4) is 0 Å². The van der Waals surface area contributed by atoms with Crippen molar-refractivity contribution in [1.82, 2.24) is 5.32 Å². The van der Waals surface area contributed by atoms with Gasteiger partial charge in [-0.2, -0.15) is 0 Å². The van der Waals surface area contributed by atoms with Crippen LogP contribution in [0.25, 0.3) is 0 Å². The summed E-state index contributed by atoms with van der Waals surface area (Å²) in [6.07, 6.45) is -8.63. The van der Waals surface area contributed by atoms with Crippen molar-refractivity contribution in [2.75, 3.05) is 7.05 Å². The van der Waals surface area contributed by atoms with Crippen LogP contribution in [0, 0.1) is 0 Å². The van der Waals surface area contributed by atoms with Crippen LogP contribution in [-0.4, -0.2) is 69.5 Å². The van der Waals surface area contributed by atoms with E-state index in [4.69, 9.17) is 14.9 Å². The maximum absolute atomic E-state index is 9.38. The molecule has 0 bridgehead atoms. The van der Waals surface area contributed by atoms with E-state index < -0.39 is 36.9 Å². The molecule has 0 spiro atoms. The second-order valence-electron chi connectivity index (χ2n) is 3.20. The number of ether oxygens (including phenoxy) is 1. The molecule has 1 heterocycles. The highest BCUT2D eigenvalue weighted by Crippen LogP contribution is 2.21. The molecule has 0 amide bonds. The Hall–Kier alpha value is -0.280. The van der Waals surface area contributed by atoms with Gasteiger partial charge < -0.3 is 30.3 Å². The normalized spacial score (nSPS) is 46.3. The van der Waals surface area contributed by atoms with Gasteiger partial charge in [-0.1, -0.05) is 0 Å². The summed E-state index contributed by atoms with van der Waals surface area (Å²) in [6.45, 7) is 0. The highest BCUT2D eigenvalue weighted by molar-refractivity contribution is 4.90. The van der Waals surface area contributed by atoms with Crippen molar-refractivity contribution in [1.29, 1.82) is 0 Å². The van der Waals surface area contributed by atoms with Crippen LogP contribution in [0.4, 0.5) is 0 Å². The number of rotatable bonds is 2. The molecule has 0 aliphatic carbocycles. The Bertz CT molecular complexity index is 191. The molecule has 0 aromatic carbocycles. The van der Waals surface area contributed by atoms with Crippen LogP contribution in [0.5, 0.6) is 0 Å². The molecule has 84 valence electrons. The topological polar surface area (TPSA) is 122 Å². The van der Waals surface area contributed by atoms with Crippen LogP contribution in [0.1, 0.15) is 0 Å². The number of aliphatic hydroxyl groups is 5. The average molecular weight is 209 g/mol. The van der Waals surface area contributed by atoms with Crippen LogP contribution < -0.4 is 5.32 Å². The molecular formula is C7H15NO6. The minimum absolute atomic E-state index is 1.19. The van der Waals surface area contributed by atoms with E-state index in [0.717, 1.165) is 0 Å². The average Bonchev–Trinajstić information content (AvgIpc) is 2.19. The zero-order valence-electron chi connectivity index (χ0n) is 7.61. The molecule has 1 fully saturated rings. The Kier molecular flexibility index (Phi) is 3.78. The molecule has 7 heteroatoms. The van der Waals surface area contributed by atoms with Gasteiger partial charge in [-0.3, -0.25) is 5.32 Å². The van der Waals surface area contributed by atoms with E-state index in [-0.39, 0.29) is 0 Å². The van der Waals surface area contributed by atoms with Gasteiger partial charge in [-0.25, -0.2) is 0 Å². The van der Waals surface area contributed by atoms with Gasteiger partial charge in [0, 0.05) is 0 Å². The van der Waals surface area contributed by atoms with Crippen molar-refractivity contribution >= 4 is 0 Å². The molecule has 1 rings (SSSR count). The SMILES string of the molecule is CNC(O)C1OC(O)C(O)C(O)C1O. The summed E-state index contributed by atoms with van der Waals surface area (Å²) < 4.78 is 4.72. The molecule has 14 heavy (non-hydrogen) atoms. The monoisotopic (exact) mass is 209 g/mol. The standard InChI is InChI=1S/C7H15NO6/c1-8-6(12)5-3(10)2(9)4(11)7(13)14-5/h2-13H,1H3. The summed E-state index contributed by atoms with van der Waals surface area (Å²) >= 11 is 0. The Labute approximate surface area is 80.6 Å². The first kappa shape index (κ1) is 11.8. The minimum Gasteiger partial charge on any atom is -0.387 e. The van der Waals surface area contributed by atoms with Crippen LogP contribution >= 0.6 is 0 Å². The van der Waals surface area contributed by atoms with E-state index in [1.165, 1.54) is 7.05 Å². The fourth-order valence-electron chi connectivity index (χ4n) is 1.31. The van der Waals surface area contributed by atoms with E-state index >= 15 is 0 Å². The summed E-state index contributed by atoms with van der Waals surface area (Å²) in [6, 6.07) is 0. The molecule has 7 nitrogen and oxygen atoms in total. The molecule has 6 N–H and O–H groups in total. The molecule has 6 atom stereocenters. The van der Waals surface area contributed by atoms with Crippen molar-refractivity contribution in [2.45, 2.75) is 36.9 Å². The van der Waals surface area contributed by atoms with Crippen LogP contribution in [0.2, 0.25) is 0 Å². The first-order valence-corrected chi connectivity index (χ1v) is 4.22. The van der Waals surface area contributed by atoms with E-state index in [9.17, 15) is 15.3 Å². The lowest BCUT2D eigenvalue weighted by atomic mass is 9.98. The Balaban J connectivity index is 2.70. The number of likely N-dealkylation sites (N-methyl/N-ethyl adjacent to an activating group) is 1. The lowest BCUT2D eigenvalue weighted by Crippen LogP contribution is -2.62. The van der Waals surface area contributed by atoms with E-state index in [0.29, 0.717) is 0 Å². The third-order valence-electron chi connectivity index (χ3n) is 2.23. The third kappa shape index (κ3) is 2.04. The summed E-state index contributed by atoms with van der Waals surface area (Å²) in [7, 11) is 1.42. The van der Waals surface area contributed by atoms with Gasteiger partial charge in [0.1, 0.15) is 30.6 Å². The third-order valence-corrected chi connectivity index (χ3v) is 2.23. The van der Waals surface area contributed by atoms with E-state index in [1.54, 1.807) is 0 Å². The maximum Gasteiger partial charge on any atom is 0.184 e. The molecule has 1 aliphatic rings. The Morgan fingerprint density at radius 2 is 1.64 bits per heavy atom. The lowest BCUT2D eigenvalue weighted by molar-refractivity contribution is -0.298. The van der Waals surface area contributed by atoms with E-state index in [1.807, 2.05) is 0 Å².